The average molecular weight is 435 g/mol. The number of aromatic nitrogens is 1. The lowest BCUT2D eigenvalue weighted by Gasteiger charge is -2.32. The van der Waals surface area contributed by atoms with Gasteiger partial charge in [0, 0.05) is 36.0 Å². The lowest BCUT2D eigenvalue weighted by molar-refractivity contribution is -0.183. The van der Waals surface area contributed by atoms with Gasteiger partial charge < -0.3 is 8.98 Å². The molecule has 1 aliphatic heterocycles. The van der Waals surface area contributed by atoms with Gasteiger partial charge in [-0.2, -0.15) is 5.26 Å². The third-order valence-electron chi connectivity index (χ3n) is 6.88. The minimum Gasteiger partial charge on any atom is -0.469 e. The molecule has 0 bridgehead atoms. The molecule has 166 valence electrons. The standard InChI is InChI=1S/C25H26FN3O3/c1-16-10-20(15-31-16)23-7-9-32-29(23)25(30)19-4-2-17(3-5-19)14-28-8-6-21-22(26)11-18(13-27)12-24(21)28/h6,8,10-12,15,17,19,23H,2-5,7,9,14H2,1H3/t17?,19?,23-/m0/s1. The highest BCUT2D eigenvalue weighted by molar-refractivity contribution is 5.82. The van der Waals surface area contributed by atoms with Gasteiger partial charge in [-0.25, -0.2) is 9.45 Å². The quantitative estimate of drug-likeness (QED) is 0.560. The molecule has 1 saturated heterocycles. The van der Waals surface area contributed by atoms with Crippen LogP contribution in [0.4, 0.5) is 4.39 Å². The molecular weight excluding hydrogens is 409 g/mol. The summed E-state index contributed by atoms with van der Waals surface area (Å²) in [6.45, 7) is 3.20. The van der Waals surface area contributed by atoms with E-state index in [1.54, 1.807) is 23.5 Å². The Kier molecular flexibility index (Phi) is 5.48. The Balaban J connectivity index is 1.23. The summed E-state index contributed by atoms with van der Waals surface area (Å²) in [5, 5.41) is 11.3. The number of hydrogen-bond acceptors (Lipinski definition) is 4. The van der Waals surface area contributed by atoms with Gasteiger partial charge in [-0.15, -0.1) is 0 Å². The maximum absolute atomic E-state index is 14.2. The maximum atomic E-state index is 14.2. The zero-order valence-electron chi connectivity index (χ0n) is 18.1. The molecule has 2 aliphatic rings. The Morgan fingerprint density at radius 1 is 1.22 bits per heavy atom. The smallest absolute Gasteiger partial charge is 0.249 e. The summed E-state index contributed by atoms with van der Waals surface area (Å²) in [5.41, 5.74) is 2.08. The normalized spacial score (nSPS) is 23.5. The first kappa shape index (κ1) is 20.8. The van der Waals surface area contributed by atoms with Gasteiger partial charge in [0.15, 0.2) is 0 Å². The van der Waals surface area contributed by atoms with E-state index < -0.39 is 0 Å². The Bertz CT molecular complexity index is 1180. The van der Waals surface area contributed by atoms with Crippen LogP contribution in [-0.4, -0.2) is 22.1 Å². The lowest BCUT2D eigenvalue weighted by Crippen LogP contribution is -2.36. The molecule has 2 aromatic heterocycles. The highest BCUT2D eigenvalue weighted by Crippen LogP contribution is 2.37. The molecule has 1 atom stereocenters. The van der Waals surface area contributed by atoms with Gasteiger partial charge in [-0.3, -0.25) is 9.63 Å². The number of rotatable bonds is 4. The van der Waals surface area contributed by atoms with E-state index in [9.17, 15) is 9.18 Å². The van der Waals surface area contributed by atoms with Crippen molar-refractivity contribution >= 4 is 16.8 Å². The minimum absolute atomic E-state index is 0.0381. The Labute approximate surface area is 186 Å². The predicted molar refractivity (Wildman–Crippen MR) is 116 cm³/mol. The average Bonchev–Trinajstić information content (AvgIpc) is 3.54. The fraction of sp³-hybridized carbons (Fsp3) is 0.440. The molecule has 6 nitrogen and oxygen atoms in total. The molecule has 0 radical (unpaired) electrons. The fourth-order valence-corrected chi connectivity index (χ4v) is 5.15. The van der Waals surface area contributed by atoms with Gasteiger partial charge in [0.2, 0.25) is 5.91 Å². The van der Waals surface area contributed by atoms with E-state index >= 15 is 0 Å². The third kappa shape index (κ3) is 3.80. The summed E-state index contributed by atoms with van der Waals surface area (Å²) in [6.07, 6.45) is 7.88. The molecule has 3 heterocycles. The Morgan fingerprint density at radius 2 is 2.03 bits per heavy atom. The summed E-state index contributed by atoms with van der Waals surface area (Å²) in [7, 11) is 0. The number of carbonyl (C=O) groups excluding carboxylic acids is 1. The molecule has 7 heteroatoms. The summed E-state index contributed by atoms with van der Waals surface area (Å²) < 4.78 is 21.7. The van der Waals surface area contributed by atoms with Crippen molar-refractivity contribution in [2.75, 3.05) is 6.61 Å². The van der Waals surface area contributed by atoms with E-state index in [0.29, 0.717) is 23.5 Å². The summed E-state index contributed by atoms with van der Waals surface area (Å²) >= 11 is 0. The van der Waals surface area contributed by atoms with E-state index in [0.717, 1.165) is 55.5 Å². The van der Waals surface area contributed by atoms with Crippen LogP contribution in [0.1, 0.15) is 55.0 Å². The zero-order valence-corrected chi connectivity index (χ0v) is 18.1. The van der Waals surface area contributed by atoms with Crippen LogP contribution in [0.2, 0.25) is 0 Å². The number of aryl methyl sites for hydroxylation is 1. The van der Waals surface area contributed by atoms with Gasteiger partial charge >= 0.3 is 0 Å². The van der Waals surface area contributed by atoms with Gasteiger partial charge in [-0.05, 0) is 62.8 Å². The Morgan fingerprint density at radius 3 is 2.75 bits per heavy atom. The lowest BCUT2D eigenvalue weighted by atomic mass is 9.81. The number of nitriles is 1. The number of nitrogens with zero attached hydrogens (tertiary/aromatic N) is 3. The number of fused-ring (bicyclic) bond motifs is 1. The van der Waals surface area contributed by atoms with Crippen molar-refractivity contribution in [3.63, 3.8) is 0 Å². The largest absolute Gasteiger partial charge is 0.469 e. The van der Waals surface area contributed by atoms with E-state index in [-0.39, 0.29) is 23.7 Å². The van der Waals surface area contributed by atoms with Gasteiger partial charge in [-0.1, -0.05) is 0 Å². The second-order valence-corrected chi connectivity index (χ2v) is 8.98. The first-order valence-electron chi connectivity index (χ1n) is 11.2. The van der Waals surface area contributed by atoms with Gasteiger partial charge in [0.1, 0.15) is 11.6 Å². The van der Waals surface area contributed by atoms with Gasteiger partial charge in [0.25, 0.3) is 0 Å². The van der Waals surface area contributed by atoms with Crippen LogP contribution in [0.3, 0.4) is 0 Å². The van der Waals surface area contributed by atoms with Crippen molar-refractivity contribution < 1.29 is 18.4 Å². The molecule has 0 N–H and O–H groups in total. The number of carbonyl (C=O) groups is 1. The molecule has 1 aliphatic carbocycles. The molecule has 2 fully saturated rings. The van der Waals surface area contributed by atoms with Crippen LogP contribution in [0.5, 0.6) is 0 Å². The van der Waals surface area contributed by atoms with Crippen LogP contribution in [0.25, 0.3) is 10.9 Å². The second-order valence-electron chi connectivity index (χ2n) is 8.98. The third-order valence-corrected chi connectivity index (χ3v) is 6.88. The topological polar surface area (TPSA) is 71.4 Å². The van der Waals surface area contributed by atoms with Crippen molar-refractivity contribution in [1.29, 1.82) is 5.26 Å². The minimum atomic E-state index is -0.361. The van der Waals surface area contributed by atoms with E-state index in [4.69, 9.17) is 14.5 Å². The monoisotopic (exact) mass is 435 g/mol. The number of benzene rings is 1. The van der Waals surface area contributed by atoms with Gasteiger partial charge in [0.05, 0.1) is 36.1 Å². The van der Waals surface area contributed by atoms with Crippen LogP contribution < -0.4 is 0 Å². The van der Waals surface area contributed by atoms with Crippen molar-refractivity contribution in [1.82, 2.24) is 9.63 Å². The predicted octanol–water partition coefficient (Wildman–Crippen LogP) is 5.27. The molecule has 1 saturated carbocycles. The highest BCUT2D eigenvalue weighted by Gasteiger charge is 2.37. The van der Waals surface area contributed by atoms with Crippen molar-refractivity contribution in [2.24, 2.45) is 11.8 Å². The Hall–Kier alpha value is -3.11. The first-order valence-corrected chi connectivity index (χ1v) is 11.2. The number of amides is 1. The number of furan rings is 1. The second kappa shape index (κ2) is 8.44. The summed E-state index contributed by atoms with van der Waals surface area (Å²) in [4.78, 5) is 18.9. The van der Waals surface area contributed by atoms with Crippen molar-refractivity contribution in [2.45, 2.75) is 51.6 Å². The van der Waals surface area contributed by atoms with Crippen molar-refractivity contribution in [3.8, 4) is 6.07 Å². The van der Waals surface area contributed by atoms with E-state index in [1.165, 1.54) is 6.07 Å². The molecule has 5 rings (SSSR count). The number of hydroxylamine groups is 2. The molecule has 0 spiro atoms. The van der Waals surface area contributed by atoms with Crippen LogP contribution in [0, 0.1) is 35.9 Å². The van der Waals surface area contributed by atoms with Crippen LogP contribution in [0.15, 0.2) is 41.1 Å². The fourth-order valence-electron chi connectivity index (χ4n) is 5.15. The first-order chi connectivity index (χ1) is 15.5. The highest BCUT2D eigenvalue weighted by atomic mass is 19.1. The molecule has 0 unspecified atom stereocenters. The summed E-state index contributed by atoms with van der Waals surface area (Å²) in [5.74, 6) is 0.912. The maximum Gasteiger partial charge on any atom is 0.249 e. The summed E-state index contributed by atoms with van der Waals surface area (Å²) in [6, 6.07) is 8.72. The molecule has 1 amide bonds. The zero-order chi connectivity index (χ0) is 22.2. The molecular formula is C25H26FN3O3. The van der Waals surface area contributed by atoms with E-state index in [2.05, 4.69) is 0 Å². The van der Waals surface area contributed by atoms with Crippen LogP contribution in [-0.2, 0) is 16.2 Å². The number of hydrogen-bond donors (Lipinski definition) is 0. The number of halogens is 1. The van der Waals surface area contributed by atoms with Crippen LogP contribution >= 0.6 is 0 Å². The van der Waals surface area contributed by atoms with E-state index in [1.807, 2.05) is 29.8 Å². The molecule has 3 aromatic rings. The SMILES string of the molecule is Cc1cc([C@@H]2CCON2C(=O)C2CCC(Cn3ccc4c(F)cc(C#N)cc43)CC2)co1. The molecule has 32 heavy (non-hydrogen) atoms. The molecule has 1 aromatic carbocycles. The van der Waals surface area contributed by atoms with Crippen molar-refractivity contribution in [3.05, 3.63) is 59.4 Å².